The summed E-state index contributed by atoms with van der Waals surface area (Å²) in [5, 5.41) is 8.32. The predicted octanol–water partition coefficient (Wildman–Crippen LogP) is 7.47. The fourth-order valence-electron chi connectivity index (χ4n) is 4.55. The highest BCUT2D eigenvalue weighted by atomic mass is 32.2. The van der Waals surface area contributed by atoms with Crippen LogP contribution in [0.25, 0.3) is 0 Å². The first kappa shape index (κ1) is 23.6. The Bertz CT molecular complexity index is 951. The van der Waals surface area contributed by atoms with Crippen molar-refractivity contribution in [3.05, 3.63) is 89.5 Å². The van der Waals surface area contributed by atoms with Crippen molar-refractivity contribution in [3.63, 3.8) is 0 Å². The van der Waals surface area contributed by atoms with Gasteiger partial charge in [0.1, 0.15) is 0 Å². The van der Waals surface area contributed by atoms with Crippen molar-refractivity contribution in [1.29, 1.82) is 5.41 Å². The topological polar surface area (TPSA) is 27.1 Å². The normalized spacial score (nSPS) is 19.6. The Hall–Kier alpha value is -2.10. The maximum atomic E-state index is 8.32. The number of benzene rings is 2. The van der Waals surface area contributed by atoms with Crippen LogP contribution >= 0.6 is 11.9 Å². The lowest BCUT2D eigenvalue weighted by molar-refractivity contribution is 0.279. The summed E-state index contributed by atoms with van der Waals surface area (Å²) in [7, 11) is 2.19. The smallest absolute Gasteiger partial charge is 0.0566 e. The second-order valence-corrected chi connectivity index (χ2v) is 11.1. The zero-order valence-electron chi connectivity index (χ0n) is 19.7. The maximum absolute atomic E-state index is 8.32. The molecule has 0 saturated heterocycles. The molecule has 2 nitrogen and oxygen atoms in total. The maximum Gasteiger partial charge on any atom is 0.0566 e. The van der Waals surface area contributed by atoms with Crippen LogP contribution in [0.2, 0.25) is 0 Å². The minimum absolute atomic E-state index is 0.0369. The van der Waals surface area contributed by atoms with E-state index in [4.69, 9.17) is 5.41 Å². The fraction of sp³-hybridized carbons (Fsp3) is 0.393. The molecule has 1 N–H and O–H groups in total. The van der Waals surface area contributed by atoms with E-state index in [1.54, 1.807) is 11.9 Å². The third-order valence-corrected chi connectivity index (χ3v) is 7.13. The van der Waals surface area contributed by atoms with Crippen LogP contribution < -0.4 is 0 Å². The number of allylic oxidation sites excluding steroid dienone is 2. The van der Waals surface area contributed by atoms with Crippen molar-refractivity contribution >= 4 is 17.7 Å². The van der Waals surface area contributed by atoms with E-state index in [0.29, 0.717) is 5.71 Å². The van der Waals surface area contributed by atoms with Crippen molar-refractivity contribution < 1.29 is 0 Å². The number of hydrogen-bond acceptors (Lipinski definition) is 3. The largest absolute Gasteiger partial charge is 0.301 e. The Labute approximate surface area is 193 Å². The van der Waals surface area contributed by atoms with Gasteiger partial charge in [0.2, 0.25) is 0 Å². The predicted molar refractivity (Wildman–Crippen MR) is 136 cm³/mol. The van der Waals surface area contributed by atoms with Crippen molar-refractivity contribution in [1.82, 2.24) is 4.31 Å². The third-order valence-electron chi connectivity index (χ3n) is 6.21. The summed E-state index contributed by atoms with van der Waals surface area (Å²) >= 11 is 1.80. The van der Waals surface area contributed by atoms with Gasteiger partial charge in [-0.05, 0) is 78.6 Å². The first-order valence-corrected chi connectivity index (χ1v) is 11.9. The molecule has 164 valence electrons. The van der Waals surface area contributed by atoms with E-state index < -0.39 is 0 Å². The molecule has 2 aromatic carbocycles. The number of rotatable bonds is 7. The summed E-state index contributed by atoms with van der Waals surface area (Å²) in [6.07, 6.45) is 4.84. The number of nitrogens with one attached hydrogen (secondary N) is 1. The van der Waals surface area contributed by atoms with Crippen molar-refractivity contribution in [2.75, 3.05) is 13.6 Å². The molecule has 0 saturated carbocycles. The third kappa shape index (κ3) is 5.78. The average Bonchev–Trinajstić information content (AvgIpc) is 2.71. The second-order valence-electron chi connectivity index (χ2n) is 9.81. The van der Waals surface area contributed by atoms with E-state index >= 15 is 0 Å². The van der Waals surface area contributed by atoms with Crippen LogP contribution in [0.3, 0.4) is 0 Å². The lowest BCUT2D eigenvalue weighted by Gasteiger charge is -2.42. The van der Waals surface area contributed by atoms with Gasteiger partial charge in [0.15, 0.2) is 0 Å². The summed E-state index contributed by atoms with van der Waals surface area (Å²) in [5.74, 6) is 0. The summed E-state index contributed by atoms with van der Waals surface area (Å²) in [5.41, 5.74) is 5.74. The number of hydrogen-bond donors (Lipinski definition) is 1. The van der Waals surface area contributed by atoms with Crippen molar-refractivity contribution in [3.8, 4) is 0 Å². The highest BCUT2D eigenvalue weighted by molar-refractivity contribution is 7.97. The molecular weight excluding hydrogens is 396 g/mol. The average molecular weight is 433 g/mol. The zero-order chi connectivity index (χ0) is 22.6. The van der Waals surface area contributed by atoms with E-state index in [2.05, 4.69) is 106 Å². The highest BCUT2D eigenvalue weighted by Gasteiger charge is 2.39. The molecule has 31 heavy (non-hydrogen) atoms. The van der Waals surface area contributed by atoms with Gasteiger partial charge in [0.05, 0.1) is 5.71 Å². The van der Waals surface area contributed by atoms with E-state index in [1.165, 1.54) is 21.6 Å². The van der Waals surface area contributed by atoms with Crippen LogP contribution in [0.5, 0.6) is 0 Å². The molecule has 1 unspecified atom stereocenters. The lowest BCUT2D eigenvalue weighted by Crippen LogP contribution is -2.40. The molecule has 2 aromatic rings. The van der Waals surface area contributed by atoms with Crippen molar-refractivity contribution in [2.45, 2.75) is 57.3 Å². The highest BCUT2D eigenvalue weighted by Crippen LogP contribution is 2.44. The van der Waals surface area contributed by atoms with Gasteiger partial charge in [-0.1, -0.05) is 82.3 Å². The standard InChI is InChI=1S/C28H36N2S/c1-7-23-17-26(29)21(2)18-28(23,19-22-11-9-8-10-12-22)20-30(6)31-25-15-13-24(14-16-25)27(3,4)5/h8-17,29H,2,7,18-20H2,1,3-6H3. The van der Waals surface area contributed by atoms with Crippen LogP contribution in [0, 0.1) is 10.8 Å². The van der Waals surface area contributed by atoms with Gasteiger partial charge in [0.25, 0.3) is 0 Å². The minimum Gasteiger partial charge on any atom is -0.301 e. The van der Waals surface area contributed by atoms with E-state index in [9.17, 15) is 0 Å². The molecule has 0 amide bonds. The van der Waals surface area contributed by atoms with Gasteiger partial charge in [0, 0.05) is 16.9 Å². The molecule has 1 aliphatic rings. The molecule has 0 aromatic heterocycles. The molecule has 0 spiro atoms. The molecule has 0 heterocycles. The molecule has 1 aliphatic carbocycles. The summed E-state index contributed by atoms with van der Waals surface area (Å²) in [4.78, 5) is 1.26. The molecule has 0 bridgehead atoms. The summed E-state index contributed by atoms with van der Waals surface area (Å²) < 4.78 is 2.36. The van der Waals surface area contributed by atoms with Gasteiger partial charge in [-0.25, -0.2) is 4.31 Å². The van der Waals surface area contributed by atoms with Gasteiger partial charge >= 0.3 is 0 Å². The van der Waals surface area contributed by atoms with Crippen LogP contribution in [-0.2, 0) is 11.8 Å². The van der Waals surface area contributed by atoms with Gasteiger partial charge in [-0.3, -0.25) is 0 Å². The first-order chi connectivity index (χ1) is 14.6. The molecular formula is C28H36N2S. The van der Waals surface area contributed by atoms with E-state index in [-0.39, 0.29) is 10.8 Å². The van der Waals surface area contributed by atoms with Crippen LogP contribution in [-0.4, -0.2) is 23.6 Å². The molecule has 1 atom stereocenters. The van der Waals surface area contributed by atoms with Crippen molar-refractivity contribution in [2.24, 2.45) is 5.41 Å². The quantitative estimate of drug-likeness (QED) is 0.459. The molecule has 0 radical (unpaired) electrons. The SMILES string of the molecule is C=C1CC(Cc2ccccc2)(CN(C)Sc2ccc(C(C)(C)C)cc2)C(CC)=CC1=N. The Morgan fingerprint density at radius 2 is 1.71 bits per heavy atom. The molecule has 0 fully saturated rings. The lowest BCUT2D eigenvalue weighted by atomic mass is 9.66. The van der Waals surface area contributed by atoms with E-state index in [0.717, 1.165) is 31.4 Å². The Morgan fingerprint density at radius 1 is 1.06 bits per heavy atom. The van der Waals surface area contributed by atoms with Gasteiger partial charge < -0.3 is 5.41 Å². The number of nitrogens with zero attached hydrogens (tertiary/aromatic N) is 1. The summed E-state index contributed by atoms with van der Waals surface area (Å²) in [6.45, 7) is 14.1. The Balaban J connectivity index is 1.85. The first-order valence-electron chi connectivity index (χ1n) is 11.1. The molecule has 3 heteroatoms. The van der Waals surface area contributed by atoms with E-state index in [1.807, 2.05) is 0 Å². The van der Waals surface area contributed by atoms with Crippen LogP contribution in [0.4, 0.5) is 0 Å². The van der Waals surface area contributed by atoms with Gasteiger partial charge in [-0.15, -0.1) is 0 Å². The second kappa shape index (κ2) is 9.58. The van der Waals surface area contributed by atoms with Crippen LogP contribution in [0.15, 0.2) is 83.3 Å². The van der Waals surface area contributed by atoms with Crippen LogP contribution in [0.1, 0.15) is 51.7 Å². The minimum atomic E-state index is -0.0369. The zero-order valence-corrected chi connectivity index (χ0v) is 20.5. The molecule has 3 rings (SSSR count). The Morgan fingerprint density at radius 3 is 2.29 bits per heavy atom. The molecule has 0 aliphatic heterocycles. The monoisotopic (exact) mass is 432 g/mol. The summed E-state index contributed by atoms with van der Waals surface area (Å²) in [6, 6.07) is 19.7. The van der Waals surface area contributed by atoms with Gasteiger partial charge in [-0.2, -0.15) is 0 Å². The fourth-order valence-corrected chi connectivity index (χ4v) is 5.48. The Kier molecular flexibility index (Phi) is 7.28.